The Balaban J connectivity index is 2.01. The van der Waals surface area contributed by atoms with E-state index in [9.17, 15) is 4.79 Å². The van der Waals surface area contributed by atoms with Crippen molar-refractivity contribution in [2.45, 2.75) is 57.0 Å². The van der Waals surface area contributed by atoms with Gasteiger partial charge in [0, 0.05) is 32.1 Å². The van der Waals surface area contributed by atoms with Crippen molar-refractivity contribution in [1.29, 1.82) is 0 Å². The van der Waals surface area contributed by atoms with Gasteiger partial charge in [0.2, 0.25) is 5.91 Å². The van der Waals surface area contributed by atoms with Crippen LogP contribution in [0.2, 0.25) is 0 Å². The second-order valence-electron chi connectivity index (χ2n) is 5.76. The average Bonchev–Trinajstić information content (AvgIpc) is 2.44. The van der Waals surface area contributed by atoms with Crippen molar-refractivity contribution in [2.75, 3.05) is 20.1 Å². The molecule has 2 rings (SSSR count). The van der Waals surface area contributed by atoms with Crippen LogP contribution in [0.3, 0.4) is 0 Å². The molecule has 1 saturated carbocycles. The predicted molar refractivity (Wildman–Crippen MR) is 73.2 cm³/mol. The lowest BCUT2D eigenvalue weighted by Crippen LogP contribution is -2.54. The van der Waals surface area contributed by atoms with Crippen LogP contribution in [0.5, 0.6) is 0 Å². The van der Waals surface area contributed by atoms with Gasteiger partial charge in [0.1, 0.15) is 0 Å². The van der Waals surface area contributed by atoms with E-state index < -0.39 is 0 Å². The first kappa shape index (κ1) is 13.8. The Morgan fingerprint density at radius 2 is 2.06 bits per heavy atom. The van der Waals surface area contributed by atoms with Crippen molar-refractivity contribution in [2.24, 2.45) is 11.7 Å². The summed E-state index contributed by atoms with van der Waals surface area (Å²) in [5.41, 5.74) is 5.91. The molecule has 3 unspecified atom stereocenters. The van der Waals surface area contributed by atoms with E-state index in [-0.39, 0.29) is 11.9 Å². The summed E-state index contributed by atoms with van der Waals surface area (Å²) in [6.07, 6.45) is 8.60. The molecule has 3 atom stereocenters. The molecular formula is C14H27N3O. The summed E-state index contributed by atoms with van der Waals surface area (Å²) in [5.74, 6) is 0.967. The highest BCUT2D eigenvalue weighted by atomic mass is 16.1. The number of rotatable bonds is 4. The van der Waals surface area contributed by atoms with Gasteiger partial charge in [-0.15, -0.1) is 0 Å². The monoisotopic (exact) mass is 253 g/mol. The number of hydrogen-bond donors (Lipinski definition) is 2. The van der Waals surface area contributed by atoms with Gasteiger partial charge >= 0.3 is 0 Å². The fourth-order valence-electron chi connectivity index (χ4n) is 3.77. The first-order valence-electron chi connectivity index (χ1n) is 7.42. The van der Waals surface area contributed by atoms with Crippen molar-refractivity contribution < 1.29 is 4.79 Å². The molecule has 1 heterocycles. The maximum absolute atomic E-state index is 11.6. The van der Waals surface area contributed by atoms with Crippen LogP contribution < -0.4 is 11.1 Å². The largest absolute Gasteiger partial charge is 0.359 e. The Morgan fingerprint density at radius 3 is 2.78 bits per heavy atom. The van der Waals surface area contributed by atoms with E-state index in [0.29, 0.717) is 19.0 Å². The van der Waals surface area contributed by atoms with Gasteiger partial charge in [-0.05, 0) is 38.1 Å². The summed E-state index contributed by atoms with van der Waals surface area (Å²) in [4.78, 5) is 14.1. The highest BCUT2D eigenvalue weighted by molar-refractivity contribution is 5.76. The predicted octanol–water partition coefficient (Wildman–Crippen LogP) is 1.10. The van der Waals surface area contributed by atoms with Crippen LogP contribution >= 0.6 is 0 Å². The lowest BCUT2D eigenvalue weighted by molar-refractivity contribution is -0.122. The zero-order chi connectivity index (χ0) is 13.0. The average molecular weight is 253 g/mol. The van der Waals surface area contributed by atoms with Gasteiger partial charge < -0.3 is 11.1 Å². The molecule has 1 aliphatic carbocycles. The van der Waals surface area contributed by atoms with Crippen LogP contribution in [0.25, 0.3) is 0 Å². The standard InChI is InChI=1S/C14H27N3O/c1-16-14(18)9-12(10-15)17-8-4-6-11-5-2-3-7-13(11)17/h11-13H,2-10,15H2,1H3,(H,16,18). The van der Waals surface area contributed by atoms with Crippen LogP contribution in [-0.4, -0.2) is 43.0 Å². The van der Waals surface area contributed by atoms with E-state index in [0.717, 1.165) is 12.5 Å². The topological polar surface area (TPSA) is 58.4 Å². The quantitative estimate of drug-likeness (QED) is 0.789. The van der Waals surface area contributed by atoms with E-state index in [2.05, 4.69) is 10.2 Å². The summed E-state index contributed by atoms with van der Waals surface area (Å²) < 4.78 is 0. The maximum atomic E-state index is 11.6. The number of carbonyl (C=O) groups excluding carboxylic acids is 1. The fraction of sp³-hybridized carbons (Fsp3) is 0.929. The molecule has 18 heavy (non-hydrogen) atoms. The number of piperidine rings is 1. The summed E-state index contributed by atoms with van der Waals surface area (Å²) in [6, 6.07) is 0.918. The van der Waals surface area contributed by atoms with Gasteiger partial charge in [-0.3, -0.25) is 9.69 Å². The highest BCUT2D eigenvalue weighted by Crippen LogP contribution is 2.36. The number of hydrogen-bond acceptors (Lipinski definition) is 3. The molecule has 4 heteroatoms. The van der Waals surface area contributed by atoms with Gasteiger partial charge in [-0.25, -0.2) is 0 Å². The minimum Gasteiger partial charge on any atom is -0.359 e. The van der Waals surface area contributed by atoms with Crippen LogP contribution in [0.4, 0.5) is 0 Å². The number of amides is 1. The Kier molecular flexibility index (Phi) is 5.01. The normalized spacial score (nSPS) is 30.6. The molecule has 3 N–H and O–H groups in total. The number of nitrogens with one attached hydrogen (secondary N) is 1. The Morgan fingerprint density at radius 1 is 1.33 bits per heavy atom. The van der Waals surface area contributed by atoms with Gasteiger partial charge in [0.25, 0.3) is 0 Å². The van der Waals surface area contributed by atoms with Crippen LogP contribution in [-0.2, 0) is 4.79 Å². The molecule has 0 spiro atoms. The van der Waals surface area contributed by atoms with E-state index in [4.69, 9.17) is 5.73 Å². The Hall–Kier alpha value is -0.610. The minimum atomic E-state index is 0.114. The second kappa shape index (κ2) is 6.53. The first-order valence-corrected chi connectivity index (χ1v) is 7.42. The number of nitrogens with two attached hydrogens (primary N) is 1. The van der Waals surface area contributed by atoms with E-state index in [1.165, 1.54) is 38.5 Å². The summed E-state index contributed by atoms with van der Waals surface area (Å²) in [6.45, 7) is 1.72. The molecule has 0 aromatic heterocycles. The summed E-state index contributed by atoms with van der Waals surface area (Å²) in [5, 5.41) is 2.72. The van der Waals surface area contributed by atoms with Gasteiger partial charge in [-0.1, -0.05) is 12.8 Å². The Bertz CT molecular complexity index is 280. The van der Waals surface area contributed by atoms with Crippen molar-refractivity contribution in [1.82, 2.24) is 10.2 Å². The van der Waals surface area contributed by atoms with Crippen molar-refractivity contribution in [3.8, 4) is 0 Å². The molecule has 1 amide bonds. The second-order valence-corrected chi connectivity index (χ2v) is 5.76. The van der Waals surface area contributed by atoms with Gasteiger partial charge in [-0.2, -0.15) is 0 Å². The molecule has 0 radical (unpaired) electrons. The maximum Gasteiger partial charge on any atom is 0.221 e. The molecule has 1 saturated heterocycles. The van der Waals surface area contributed by atoms with E-state index in [1.807, 2.05) is 0 Å². The van der Waals surface area contributed by atoms with E-state index >= 15 is 0 Å². The number of carbonyl (C=O) groups is 1. The molecule has 2 aliphatic rings. The Labute approximate surface area is 110 Å². The summed E-state index contributed by atoms with van der Waals surface area (Å²) >= 11 is 0. The molecule has 1 aliphatic heterocycles. The molecule has 2 fully saturated rings. The minimum absolute atomic E-state index is 0.114. The zero-order valence-corrected chi connectivity index (χ0v) is 11.5. The third kappa shape index (κ3) is 3.04. The number of likely N-dealkylation sites (tertiary alicyclic amines) is 1. The molecule has 0 bridgehead atoms. The highest BCUT2D eigenvalue weighted by Gasteiger charge is 2.36. The lowest BCUT2D eigenvalue weighted by atomic mass is 9.77. The van der Waals surface area contributed by atoms with Crippen molar-refractivity contribution >= 4 is 5.91 Å². The number of fused-ring (bicyclic) bond motifs is 1. The molecule has 104 valence electrons. The molecule has 4 nitrogen and oxygen atoms in total. The fourth-order valence-corrected chi connectivity index (χ4v) is 3.77. The van der Waals surface area contributed by atoms with Crippen LogP contribution in [0.1, 0.15) is 44.9 Å². The van der Waals surface area contributed by atoms with Crippen molar-refractivity contribution in [3.05, 3.63) is 0 Å². The molecule has 0 aromatic carbocycles. The van der Waals surface area contributed by atoms with E-state index in [1.54, 1.807) is 7.05 Å². The third-order valence-electron chi connectivity index (χ3n) is 4.73. The van der Waals surface area contributed by atoms with Crippen molar-refractivity contribution in [3.63, 3.8) is 0 Å². The summed E-state index contributed by atoms with van der Waals surface area (Å²) in [7, 11) is 1.70. The smallest absolute Gasteiger partial charge is 0.221 e. The van der Waals surface area contributed by atoms with Crippen LogP contribution in [0, 0.1) is 5.92 Å². The first-order chi connectivity index (χ1) is 8.76. The SMILES string of the molecule is CNC(=O)CC(CN)N1CCCC2CCCCC21. The molecule has 0 aromatic rings. The molecular weight excluding hydrogens is 226 g/mol. The number of nitrogens with zero attached hydrogens (tertiary/aromatic N) is 1. The lowest BCUT2D eigenvalue weighted by Gasteiger charge is -2.47. The van der Waals surface area contributed by atoms with Gasteiger partial charge in [0.05, 0.1) is 0 Å². The zero-order valence-electron chi connectivity index (χ0n) is 11.5. The van der Waals surface area contributed by atoms with Crippen LogP contribution in [0.15, 0.2) is 0 Å². The third-order valence-corrected chi connectivity index (χ3v) is 4.73. The van der Waals surface area contributed by atoms with Gasteiger partial charge in [0.15, 0.2) is 0 Å².